The first-order valence-electron chi connectivity index (χ1n) is 6.64. The summed E-state index contributed by atoms with van der Waals surface area (Å²) in [4.78, 5) is 14.0. The van der Waals surface area contributed by atoms with Crippen LogP contribution in [-0.4, -0.2) is 41.5 Å². The van der Waals surface area contributed by atoms with E-state index in [-0.39, 0.29) is 30.7 Å². The second-order valence-electron chi connectivity index (χ2n) is 4.95. The maximum atomic E-state index is 13.4. The van der Waals surface area contributed by atoms with Crippen LogP contribution in [-0.2, 0) is 11.2 Å². The summed E-state index contributed by atoms with van der Waals surface area (Å²) in [5.41, 5.74) is 0.443. The van der Waals surface area contributed by atoms with Gasteiger partial charge in [-0.05, 0) is 31.9 Å². The van der Waals surface area contributed by atoms with Crippen LogP contribution in [0.15, 0.2) is 24.3 Å². The average molecular weight is 267 g/mol. The van der Waals surface area contributed by atoms with E-state index in [1.165, 1.54) is 6.07 Å². The number of benzene rings is 1. The molecule has 0 radical (unpaired) electrons. The topological polar surface area (TPSA) is 40.5 Å². The van der Waals surface area contributed by atoms with Gasteiger partial charge in [0.05, 0.1) is 6.54 Å². The molecule has 1 rings (SSSR count). The SMILES string of the molecule is CC(C)N(CCCO)CC(=O)Cc1ccccc1F. The van der Waals surface area contributed by atoms with E-state index in [4.69, 9.17) is 5.11 Å². The first-order chi connectivity index (χ1) is 9.04. The number of rotatable bonds is 8. The zero-order valence-electron chi connectivity index (χ0n) is 11.6. The Bertz CT molecular complexity index is 407. The number of halogens is 1. The maximum absolute atomic E-state index is 13.4. The zero-order valence-corrected chi connectivity index (χ0v) is 11.6. The van der Waals surface area contributed by atoms with Crippen LogP contribution in [0.3, 0.4) is 0 Å². The van der Waals surface area contributed by atoms with Crippen LogP contribution >= 0.6 is 0 Å². The quantitative estimate of drug-likeness (QED) is 0.783. The van der Waals surface area contributed by atoms with Gasteiger partial charge in [-0.1, -0.05) is 18.2 Å². The summed E-state index contributed by atoms with van der Waals surface area (Å²) < 4.78 is 13.4. The molecule has 1 aromatic rings. The average Bonchev–Trinajstić information content (AvgIpc) is 2.37. The molecule has 1 aromatic carbocycles. The van der Waals surface area contributed by atoms with Gasteiger partial charge < -0.3 is 5.11 Å². The van der Waals surface area contributed by atoms with E-state index in [0.29, 0.717) is 25.1 Å². The first-order valence-corrected chi connectivity index (χ1v) is 6.64. The Morgan fingerprint density at radius 2 is 2.05 bits per heavy atom. The zero-order chi connectivity index (χ0) is 14.3. The molecule has 0 heterocycles. The van der Waals surface area contributed by atoms with Gasteiger partial charge in [0, 0.05) is 25.6 Å². The van der Waals surface area contributed by atoms with Gasteiger partial charge in [0.25, 0.3) is 0 Å². The Hall–Kier alpha value is -1.26. The third-order valence-electron chi connectivity index (χ3n) is 3.06. The van der Waals surface area contributed by atoms with E-state index in [2.05, 4.69) is 0 Å². The van der Waals surface area contributed by atoms with Crippen molar-refractivity contribution < 1.29 is 14.3 Å². The van der Waals surface area contributed by atoms with Gasteiger partial charge in [-0.25, -0.2) is 4.39 Å². The van der Waals surface area contributed by atoms with E-state index >= 15 is 0 Å². The fraction of sp³-hybridized carbons (Fsp3) is 0.533. The predicted octanol–water partition coefficient (Wildman–Crippen LogP) is 2.03. The largest absolute Gasteiger partial charge is 0.396 e. The highest BCUT2D eigenvalue weighted by Crippen LogP contribution is 2.09. The summed E-state index contributed by atoms with van der Waals surface area (Å²) in [5, 5.41) is 8.84. The number of aliphatic hydroxyl groups is 1. The van der Waals surface area contributed by atoms with Crippen LogP contribution in [0.25, 0.3) is 0 Å². The lowest BCUT2D eigenvalue weighted by molar-refractivity contribution is -0.120. The number of hydrogen-bond donors (Lipinski definition) is 1. The van der Waals surface area contributed by atoms with E-state index in [9.17, 15) is 9.18 Å². The summed E-state index contributed by atoms with van der Waals surface area (Å²) in [6.07, 6.45) is 0.764. The van der Waals surface area contributed by atoms with Crippen LogP contribution in [0.4, 0.5) is 4.39 Å². The van der Waals surface area contributed by atoms with Crippen molar-refractivity contribution in [3.63, 3.8) is 0 Å². The van der Waals surface area contributed by atoms with Crippen molar-refractivity contribution in [3.05, 3.63) is 35.6 Å². The number of carbonyl (C=O) groups excluding carboxylic acids is 1. The van der Waals surface area contributed by atoms with Gasteiger partial charge in [-0.15, -0.1) is 0 Å². The molecule has 0 unspecified atom stereocenters. The van der Waals surface area contributed by atoms with Gasteiger partial charge in [0.2, 0.25) is 0 Å². The fourth-order valence-corrected chi connectivity index (χ4v) is 1.93. The van der Waals surface area contributed by atoms with Crippen molar-refractivity contribution in [2.75, 3.05) is 19.7 Å². The summed E-state index contributed by atoms with van der Waals surface area (Å²) in [6, 6.07) is 6.59. The van der Waals surface area contributed by atoms with Crippen LogP contribution in [0.2, 0.25) is 0 Å². The lowest BCUT2D eigenvalue weighted by Gasteiger charge is -2.25. The Morgan fingerprint density at radius 1 is 1.37 bits per heavy atom. The summed E-state index contributed by atoms with van der Waals surface area (Å²) in [5.74, 6) is -0.334. The van der Waals surface area contributed by atoms with E-state index < -0.39 is 0 Å². The molecule has 0 fully saturated rings. The Balaban J connectivity index is 2.55. The maximum Gasteiger partial charge on any atom is 0.151 e. The summed E-state index contributed by atoms with van der Waals surface area (Å²) in [6.45, 7) is 5.11. The highest BCUT2D eigenvalue weighted by molar-refractivity contribution is 5.82. The third kappa shape index (κ3) is 5.49. The second kappa shape index (κ2) is 8.02. The van der Waals surface area contributed by atoms with Crippen molar-refractivity contribution in [2.45, 2.75) is 32.7 Å². The van der Waals surface area contributed by atoms with Gasteiger partial charge in [0.1, 0.15) is 5.82 Å². The molecule has 0 aliphatic rings. The third-order valence-corrected chi connectivity index (χ3v) is 3.06. The lowest BCUT2D eigenvalue weighted by Crippen LogP contribution is -2.37. The van der Waals surface area contributed by atoms with Gasteiger partial charge >= 0.3 is 0 Å². The van der Waals surface area contributed by atoms with Gasteiger partial charge in [-0.2, -0.15) is 0 Å². The Kier molecular flexibility index (Phi) is 6.67. The summed E-state index contributed by atoms with van der Waals surface area (Å²) >= 11 is 0. The monoisotopic (exact) mass is 267 g/mol. The molecule has 0 atom stereocenters. The smallest absolute Gasteiger partial charge is 0.151 e. The normalized spacial score (nSPS) is 11.3. The molecule has 0 amide bonds. The molecule has 0 bridgehead atoms. The van der Waals surface area contributed by atoms with E-state index in [1.54, 1.807) is 18.2 Å². The van der Waals surface area contributed by atoms with Crippen molar-refractivity contribution in [1.29, 1.82) is 0 Å². The molecule has 3 nitrogen and oxygen atoms in total. The molecule has 0 spiro atoms. The fourth-order valence-electron chi connectivity index (χ4n) is 1.93. The highest BCUT2D eigenvalue weighted by atomic mass is 19.1. The first kappa shape index (κ1) is 15.8. The summed E-state index contributed by atoms with van der Waals surface area (Å²) in [7, 11) is 0. The molecular formula is C15H22FNO2. The number of carbonyl (C=O) groups is 1. The number of ketones is 1. The Labute approximate surface area is 114 Å². The van der Waals surface area contributed by atoms with Crippen molar-refractivity contribution in [1.82, 2.24) is 4.90 Å². The van der Waals surface area contributed by atoms with Crippen LogP contribution in [0.5, 0.6) is 0 Å². The minimum absolute atomic E-state index is 0.00302. The lowest BCUT2D eigenvalue weighted by atomic mass is 10.1. The molecule has 1 N–H and O–H groups in total. The van der Waals surface area contributed by atoms with E-state index in [0.717, 1.165) is 0 Å². The van der Waals surface area contributed by atoms with E-state index in [1.807, 2.05) is 18.7 Å². The van der Waals surface area contributed by atoms with Crippen LogP contribution in [0, 0.1) is 5.82 Å². The molecular weight excluding hydrogens is 245 g/mol. The van der Waals surface area contributed by atoms with Crippen molar-refractivity contribution in [3.8, 4) is 0 Å². The number of hydrogen-bond acceptors (Lipinski definition) is 3. The van der Waals surface area contributed by atoms with Gasteiger partial charge in [-0.3, -0.25) is 9.69 Å². The molecule has 0 saturated heterocycles. The van der Waals surface area contributed by atoms with Crippen molar-refractivity contribution in [2.24, 2.45) is 0 Å². The van der Waals surface area contributed by atoms with Crippen LogP contribution in [0.1, 0.15) is 25.8 Å². The molecule has 0 aromatic heterocycles. The molecule has 0 aliphatic heterocycles. The molecule has 19 heavy (non-hydrogen) atoms. The minimum Gasteiger partial charge on any atom is -0.396 e. The van der Waals surface area contributed by atoms with Crippen molar-refractivity contribution >= 4 is 5.78 Å². The molecule has 0 saturated carbocycles. The highest BCUT2D eigenvalue weighted by Gasteiger charge is 2.15. The predicted molar refractivity (Wildman–Crippen MR) is 73.5 cm³/mol. The number of aliphatic hydroxyl groups excluding tert-OH is 1. The molecule has 106 valence electrons. The van der Waals surface area contributed by atoms with Gasteiger partial charge in [0.15, 0.2) is 5.78 Å². The number of Topliss-reactive ketones (excluding diaryl/α,β-unsaturated/α-hetero) is 1. The Morgan fingerprint density at radius 3 is 2.63 bits per heavy atom. The van der Waals surface area contributed by atoms with Crippen LogP contribution < -0.4 is 0 Å². The standard InChI is InChI=1S/C15H22FNO2/c1-12(2)17(8-5-9-18)11-14(19)10-13-6-3-4-7-15(13)16/h3-4,6-7,12,18H,5,8-11H2,1-2H3. The second-order valence-corrected chi connectivity index (χ2v) is 4.95. The molecule has 4 heteroatoms. The molecule has 0 aliphatic carbocycles. The number of nitrogens with zero attached hydrogens (tertiary/aromatic N) is 1. The minimum atomic E-state index is -0.331.